The molecular formula is C17H8F3N5O4. The van der Waals surface area contributed by atoms with Crippen LogP contribution >= 0.6 is 0 Å². The van der Waals surface area contributed by atoms with Crippen LogP contribution in [0.3, 0.4) is 0 Å². The van der Waals surface area contributed by atoms with Gasteiger partial charge in [0, 0.05) is 11.5 Å². The van der Waals surface area contributed by atoms with Gasteiger partial charge in [0.05, 0.1) is 32.6 Å². The molecule has 0 saturated carbocycles. The number of nitriles is 1. The predicted octanol–water partition coefficient (Wildman–Crippen LogP) is 4.69. The van der Waals surface area contributed by atoms with Gasteiger partial charge in [-0.3, -0.25) is 20.2 Å². The third-order valence-electron chi connectivity index (χ3n) is 3.90. The zero-order chi connectivity index (χ0) is 21.3. The van der Waals surface area contributed by atoms with Crippen LogP contribution < -0.4 is 5.32 Å². The summed E-state index contributed by atoms with van der Waals surface area (Å²) in [6.45, 7) is 0. The molecule has 3 aromatic rings. The summed E-state index contributed by atoms with van der Waals surface area (Å²) < 4.78 is 40.5. The Labute approximate surface area is 159 Å². The molecule has 29 heavy (non-hydrogen) atoms. The molecule has 0 aliphatic heterocycles. The minimum Gasteiger partial charge on any atom is -0.333 e. The molecule has 0 fully saturated rings. The molecule has 12 heteroatoms. The summed E-state index contributed by atoms with van der Waals surface area (Å²) in [5.74, 6) is -0.353. The molecule has 9 nitrogen and oxygen atoms in total. The minimum absolute atomic E-state index is 0.163. The van der Waals surface area contributed by atoms with Gasteiger partial charge in [-0.25, -0.2) is 4.98 Å². The van der Waals surface area contributed by atoms with E-state index >= 15 is 0 Å². The lowest BCUT2D eigenvalue weighted by Crippen LogP contribution is -2.12. The number of benzene rings is 2. The number of halogens is 3. The summed E-state index contributed by atoms with van der Waals surface area (Å²) in [7, 11) is 0. The van der Waals surface area contributed by atoms with Gasteiger partial charge in [0.15, 0.2) is 0 Å². The molecule has 3 rings (SSSR count). The summed E-state index contributed by atoms with van der Waals surface area (Å²) in [5, 5.41) is 34.3. The van der Waals surface area contributed by atoms with Crippen molar-refractivity contribution in [3.8, 4) is 6.07 Å². The second-order valence-corrected chi connectivity index (χ2v) is 5.71. The van der Waals surface area contributed by atoms with Crippen molar-refractivity contribution in [2.45, 2.75) is 6.18 Å². The Kier molecular flexibility index (Phi) is 4.73. The topological polar surface area (TPSA) is 135 Å². The number of nitro groups is 2. The number of anilines is 2. The van der Waals surface area contributed by atoms with E-state index in [0.717, 1.165) is 0 Å². The SMILES string of the molecule is N#Cc1cc2ccccc2nc1Nc1c([N+](=O)[O-])cc([N+](=O)[O-])cc1C(F)(F)F. The Hall–Kier alpha value is -4.27. The molecule has 2 aromatic carbocycles. The highest BCUT2D eigenvalue weighted by Crippen LogP contribution is 2.43. The first-order chi connectivity index (χ1) is 13.6. The zero-order valence-electron chi connectivity index (χ0n) is 14.1. The third kappa shape index (κ3) is 3.74. The quantitative estimate of drug-likeness (QED) is 0.493. The average Bonchev–Trinajstić information content (AvgIpc) is 2.66. The molecule has 0 spiro atoms. The first kappa shape index (κ1) is 19.5. The van der Waals surface area contributed by atoms with Gasteiger partial charge in [-0.1, -0.05) is 18.2 Å². The Balaban J connectivity index is 2.28. The fourth-order valence-corrected chi connectivity index (χ4v) is 2.63. The number of rotatable bonds is 4. The fourth-order valence-electron chi connectivity index (χ4n) is 2.63. The van der Waals surface area contributed by atoms with Crippen molar-refractivity contribution in [1.82, 2.24) is 4.98 Å². The van der Waals surface area contributed by atoms with Crippen molar-refractivity contribution in [3.63, 3.8) is 0 Å². The van der Waals surface area contributed by atoms with Gasteiger partial charge in [-0.2, -0.15) is 18.4 Å². The Morgan fingerprint density at radius 1 is 1.07 bits per heavy atom. The van der Waals surface area contributed by atoms with Crippen molar-refractivity contribution >= 4 is 33.8 Å². The monoisotopic (exact) mass is 403 g/mol. The van der Waals surface area contributed by atoms with E-state index in [2.05, 4.69) is 10.3 Å². The maximum absolute atomic E-state index is 13.5. The number of nitrogens with one attached hydrogen (secondary N) is 1. The molecule has 0 atom stereocenters. The van der Waals surface area contributed by atoms with Crippen LogP contribution in [0.5, 0.6) is 0 Å². The van der Waals surface area contributed by atoms with E-state index in [0.29, 0.717) is 17.0 Å². The number of hydrogen-bond donors (Lipinski definition) is 1. The molecule has 1 aromatic heterocycles. The maximum atomic E-state index is 13.5. The third-order valence-corrected chi connectivity index (χ3v) is 3.90. The summed E-state index contributed by atoms with van der Waals surface area (Å²) >= 11 is 0. The van der Waals surface area contributed by atoms with Crippen LogP contribution in [0, 0.1) is 31.6 Å². The first-order valence-corrected chi connectivity index (χ1v) is 7.72. The fraction of sp³-hybridized carbons (Fsp3) is 0.0588. The van der Waals surface area contributed by atoms with Crippen LogP contribution in [-0.4, -0.2) is 14.8 Å². The Morgan fingerprint density at radius 2 is 1.76 bits per heavy atom. The van der Waals surface area contributed by atoms with Gasteiger partial charge in [-0.05, 0) is 12.1 Å². The van der Waals surface area contributed by atoms with E-state index in [4.69, 9.17) is 0 Å². The summed E-state index contributed by atoms with van der Waals surface area (Å²) in [6, 6.07) is 10.2. The van der Waals surface area contributed by atoms with Crippen LogP contribution in [0.2, 0.25) is 0 Å². The van der Waals surface area contributed by atoms with Crippen LogP contribution in [0.15, 0.2) is 42.5 Å². The molecule has 0 unspecified atom stereocenters. The molecule has 0 aliphatic rings. The Bertz CT molecular complexity index is 1200. The second-order valence-electron chi connectivity index (χ2n) is 5.71. The van der Waals surface area contributed by atoms with Gasteiger partial charge >= 0.3 is 6.18 Å². The lowest BCUT2D eigenvalue weighted by molar-refractivity contribution is -0.394. The smallest absolute Gasteiger partial charge is 0.333 e. The highest BCUT2D eigenvalue weighted by Gasteiger charge is 2.40. The minimum atomic E-state index is -5.15. The molecule has 0 radical (unpaired) electrons. The zero-order valence-corrected chi connectivity index (χ0v) is 14.1. The van der Waals surface area contributed by atoms with E-state index in [-0.39, 0.29) is 17.4 Å². The summed E-state index contributed by atoms with van der Waals surface area (Å²) in [6.07, 6.45) is -5.15. The second kappa shape index (κ2) is 7.04. The van der Waals surface area contributed by atoms with E-state index in [9.17, 15) is 38.7 Å². The number of alkyl halides is 3. The molecular weight excluding hydrogens is 395 g/mol. The largest absolute Gasteiger partial charge is 0.418 e. The van der Waals surface area contributed by atoms with E-state index < -0.39 is 38.6 Å². The normalized spacial score (nSPS) is 11.1. The van der Waals surface area contributed by atoms with Crippen LogP contribution in [0.4, 0.5) is 36.1 Å². The van der Waals surface area contributed by atoms with Crippen LogP contribution in [0.25, 0.3) is 10.9 Å². The molecule has 146 valence electrons. The van der Waals surface area contributed by atoms with Gasteiger partial charge in [-0.15, -0.1) is 0 Å². The molecule has 0 saturated heterocycles. The predicted molar refractivity (Wildman–Crippen MR) is 94.5 cm³/mol. The highest BCUT2D eigenvalue weighted by atomic mass is 19.4. The number of nitro benzene ring substituents is 2. The molecule has 1 heterocycles. The number of fused-ring (bicyclic) bond motifs is 1. The number of non-ortho nitro benzene ring substituents is 1. The average molecular weight is 403 g/mol. The number of pyridine rings is 1. The van der Waals surface area contributed by atoms with Gasteiger partial charge < -0.3 is 5.32 Å². The van der Waals surface area contributed by atoms with Crippen molar-refractivity contribution in [2.75, 3.05) is 5.32 Å². The maximum Gasteiger partial charge on any atom is 0.418 e. The summed E-state index contributed by atoms with van der Waals surface area (Å²) in [5.41, 5.74) is -4.78. The van der Waals surface area contributed by atoms with Crippen LogP contribution in [0.1, 0.15) is 11.1 Å². The Morgan fingerprint density at radius 3 is 2.34 bits per heavy atom. The number of para-hydroxylation sites is 1. The number of nitrogens with zero attached hydrogens (tertiary/aromatic N) is 4. The van der Waals surface area contributed by atoms with Gasteiger partial charge in [0.2, 0.25) is 0 Å². The lowest BCUT2D eigenvalue weighted by Gasteiger charge is -2.15. The standard InChI is InChI=1S/C17H8F3N5O4/c18-17(19,20)12-6-11(24(26)27)7-14(25(28)29)15(12)23-16-10(8-21)5-9-3-1-2-4-13(9)22-16/h1-7H,(H,22,23). The highest BCUT2D eigenvalue weighted by molar-refractivity contribution is 5.85. The molecule has 0 aliphatic carbocycles. The van der Waals surface area contributed by atoms with E-state index in [1.54, 1.807) is 24.3 Å². The molecule has 0 bridgehead atoms. The van der Waals surface area contributed by atoms with Crippen molar-refractivity contribution in [1.29, 1.82) is 5.26 Å². The first-order valence-electron chi connectivity index (χ1n) is 7.72. The van der Waals surface area contributed by atoms with Crippen molar-refractivity contribution in [3.05, 3.63) is 73.8 Å². The van der Waals surface area contributed by atoms with Gasteiger partial charge in [0.25, 0.3) is 11.4 Å². The van der Waals surface area contributed by atoms with E-state index in [1.807, 2.05) is 0 Å². The van der Waals surface area contributed by atoms with Gasteiger partial charge in [0.1, 0.15) is 17.6 Å². The van der Waals surface area contributed by atoms with E-state index in [1.165, 1.54) is 12.1 Å². The number of aromatic nitrogens is 1. The van der Waals surface area contributed by atoms with Crippen molar-refractivity contribution < 1.29 is 23.0 Å². The van der Waals surface area contributed by atoms with Crippen LogP contribution in [-0.2, 0) is 6.18 Å². The molecule has 0 amide bonds. The van der Waals surface area contributed by atoms with Crippen molar-refractivity contribution in [2.24, 2.45) is 0 Å². The number of hydrogen-bond acceptors (Lipinski definition) is 7. The molecule has 1 N–H and O–H groups in total. The summed E-state index contributed by atoms with van der Waals surface area (Å²) in [4.78, 5) is 24.0. The lowest BCUT2D eigenvalue weighted by atomic mass is 10.1.